The van der Waals surface area contributed by atoms with Gasteiger partial charge in [0.2, 0.25) is 0 Å². The lowest BCUT2D eigenvalue weighted by Crippen LogP contribution is -2.17. The van der Waals surface area contributed by atoms with Crippen molar-refractivity contribution in [3.8, 4) is 0 Å². The number of carbonyl (C=O) groups excluding carboxylic acids is 2. The van der Waals surface area contributed by atoms with E-state index < -0.39 is 0 Å². The summed E-state index contributed by atoms with van der Waals surface area (Å²) in [7, 11) is 0. The number of hydrogen-bond acceptors (Lipinski definition) is 3. The molecule has 2 N–H and O–H groups in total. The number of aromatic nitrogens is 2. The molecule has 0 aliphatic carbocycles. The highest BCUT2D eigenvalue weighted by Gasteiger charge is 2.14. The third-order valence-corrected chi connectivity index (χ3v) is 3.89. The van der Waals surface area contributed by atoms with Crippen LogP contribution < -0.4 is 10.6 Å². The van der Waals surface area contributed by atoms with Crippen molar-refractivity contribution in [2.45, 2.75) is 19.9 Å². The topological polar surface area (TPSA) is 76.0 Å². The second kappa shape index (κ2) is 7.65. The smallest absolute Gasteiger partial charge is 0.275 e. The summed E-state index contributed by atoms with van der Waals surface area (Å²) in [5.41, 5.74) is 1.91. The summed E-state index contributed by atoms with van der Waals surface area (Å²) in [4.78, 5) is 29.0. The Balaban J connectivity index is 1.76. The normalized spacial score (nSPS) is 10.6. The van der Waals surface area contributed by atoms with E-state index in [1.165, 1.54) is 0 Å². The second-order valence-corrected chi connectivity index (χ2v) is 6.12. The van der Waals surface area contributed by atoms with E-state index in [2.05, 4.69) is 15.6 Å². The van der Waals surface area contributed by atoms with Crippen LogP contribution in [-0.4, -0.2) is 21.4 Å². The second-order valence-electron chi connectivity index (χ2n) is 6.12. The molecule has 0 radical (unpaired) electrons. The highest BCUT2D eigenvalue weighted by molar-refractivity contribution is 6.09. The molecule has 132 valence electrons. The van der Waals surface area contributed by atoms with Crippen molar-refractivity contribution >= 4 is 23.2 Å². The maximum absolute atomic E-state index is 12.5. The zero-order valence-electron chi connectivity index (χ0n) is 14.6. The van der Waals surface area contributed by atoms with Gasteiger partial charge in [0.1, 0.15) is 5.69 Å². The lowest BCUT2D eigenvalue weighted by Gasteiger charge is -2.11. The van der Waals surface area contributed by atoms with Crippen LogP contribution in [0.15, 0.2) is 67.1 Å². The van der Waals surface area contributed by atoms with Gasteiger partial charge in [-0.05, 0) is 38.1 Å². The predicted octanol–water partition coefficient (Wildman–Crippen LogP) is 3.97. The Kier molecular flexibility index (Phi) is 5.12. The van der Waals surface area contributed by atoms with E-state index in [4.69, 9.17) is 0 Å². The summed E-state index contributed by atoms with van der Waals surface area (Å²) >= 11 is 0. The molecule has 0 saturated heterocycles. The molecule has 0 fully saturated rings. The molecule has 2 amide bonds. The fourth-order valence-electron chi connectivity index (χ4n) is 2.41. The minimum absolute atomic E-state index is 0.224. The quantitative estimate of drug-likeness (QED) is 0.732. The Morgan fingerprint density at radius 2 is 1.46 bits per heavy atom. The molecule has 1 heterocycles. The van der Waals surface area contributed by atoms with Crippen LogP contribution in [-0.2, 0) is 0 Å². The maximum atomic E-state index is 12.5. The number of nitrogens with one attached hydrogen (secondary N) is 2. The van der Waals surface area contributed by atoms with Crippen LogP contribution in [0.4, 0.5) is 11.4 Å². The number of para-hydroxylation sites is 2. The van der Waals surface area contributed by atoms with Crippen LogP contribution in [0.25, 0.3) is 0 Å². The summed E-state index contributed by atoms with van der Waals surface area (Å²) in [5, 5.41) is 5.63. The van der Waals surface area contributed by atoms with Gasteiger partial charge in [0.15, 0.2) is 0 Å². The minimum Gasteiger partial charge on any atom is -0.334 e. The maximum Gasteiger partial charge on any atom is 0.275 e. The first-order valence-electron chi connectivity index (χ1n) is 8.35. The number of benzene rings is 2. The third kappa shape index (κ3) is 3.97. The lowest BCUT2D eigenvalue weighted by atomic mass is 10.2. The van der Waals surface area contributed by atoms with Crippen molar-refractivity contribution in [3.05, 3.63) is 78.4 Å². The largest absolute Gasteiger partial charge is 0.334 e. The molecule has 1 aromatic heterocycles. The Morgan fingerprint density at radius 3 is 2.04 bits per heavy atom. The number of nitrogens with zero attached hydrogens (tertiary/aromatic N) is 2. The first-order valence-corrected chi connectivity index (χ1v) is 8.35. The molecular formula is C20H20N4O2. The molecule has 0 atom stereocenters. The predicted molar refractivity (Wildman–Crippen MR) is 101 cm³/mol. The molecular weight excluding hydrogens is 328 g/mol. The van der Waals surface area contributed by atoms with Gasteiger partial charge in [-0.25, -0.2) is 4.98 Å². The molecule has 0 spiro atoms. The molecule has 0 unspecified atom stereocenters. The molecule has 26 heavy (non-hydrogen) atoms. The van der Waals surface area contributed by atoms with Gasteiger partial charge in [0.25, 0.3) is 11.8 Å². The van der Waals surface area contributed by atoms with Crippen LogP contribution in [0.5, 0.6) is 0 Å². The molecule has 0 bridgehead atoms. The van der Waals surface area contributed by atoms with Gasteiger partial charge in [-0.3, -0.25) is 9.59 Å². The van der Waals surface area contributed by atoms with Crippen molar-refractivity contribution in [1.29, 1.82) is 0 Å². The summed E-state index contributed by atoms with van der Waals surface area (Å²) < 4.78 is 1.86. The Bertz CT molecular complexity index is 916. The number of carbonyl (C=O) groups is 2. The van der Waals surface area contributed by atoms with Gasteiger partial charge in [0.05, 0.1) is 17.7 Å². The lowest BCUT2D eigenvalue weighted by molar-refractivity contribution is 0.101. The first kappa shape index (κ1) is 17.4. The Labute approximate surface area is 151 Å². The monoisotopic (exact) mass is 348 g/mol. The fourth-order valence-corrected chi connectivity index (χ4v) is 2.41. The van der Waals surface area contributed by atoms with Gasteiger partial charge < -0.3 is 15.2 Å². The van der Waals surface area contributed by atoms with Crippen molar-refractivity contribution in [2.75, 3.05) is 10.6 Å². The zero-order chi connectivity index (χ0) is 18.5. The standard InChI is InChI=1S/C20H20N4O2/c1-14(2)24-12-18(21-13-24)20(26)23-17-11-7-6-10-16(17)22-19(25)15-8-4-3-5-9-15/h3-14H,1-2H3,(H,22,25)(H,23,26). The molecule has 6 nitrogen and oxygen atoms in total. The van der Waals surface area contributed by atoms with Crippen LogP contribution in [0.2, 0.25) is 0 Å². The molecule has 3 aromatic rings. The molecule has 6 heteroatoms. The number of anilines is 2. The van der Waals surface area contributed by atoms with E-state index >= 15 is 0 Å². The van der Waals surface area contributed by atoms with Gasteiger partial charge in [-0.15, -0.1) is 0 Å². The highest BCUT2D eigenvalue weighted by atomic mass is 16.2. The highest BCUT2D eigenvalue weighted by Crippen LogP contribution is 2.22. The van der Waals surface area contributed by atoms with Crippen LogP contribution in [0, 0.1) is 0 Å². The molecule has 3 rings (SSSR count). The van der Waals surface area contributed by atoms with E-state index in [0.717, 1.165) is 0 Å². The number of imidazole rings is 1. The van der Waals surface area contributed by atoms with Gasteiger partial charge in [0, 0.05) is 17.8 Å². The van der Waals surface area contributed by atoms with Crippen molar-refractivity contribution in [1.82, 2.24) is 9.55 Å². The average molecular weight is 348 g/mol. The minimum atomic E-state index is -0.328. The van der Waals surface area contributed by atoms with Crippen molar-refractivity contribution in [2.24, 2.45) is 0 Å². The fraction of sp³-hybridized carbons (Fsp3) is 0.150. The van der Waals surface area contributed by atoms with Crippen LogP contribution >= 0.6 is 0 Å². The van der Waals surface area contributed by atoms with Crippen LogP contribution in [0.3, 0.4) is 0 Å². The molecule has 0 aliphatic heterocycles. The average Bonchev–Trinajstić information content (AvgIpc) is 3.15. The van der Waals surface area contributed by atoms with E-state index in [0.29, 0.717) is 22.6 Å². The number of amides is 2. The van der Waals surface area contributed by atoms with E-state index in [-0.39, 0.29) is 17.9 Å². The molecule has 0 saturated carbocycles. The number of hydrogen-bond donors (Lipinski definition) is 2. The summed E-state index contributed by atoms with van der Waals surface area (Å²) in [5.74, 6) is -0.567. The van der Waals surface area contributed by atoms with Gasteiger partial charge in [-0.2, -0.15) is 0 Å². The van der Waals surface area contributed by atoms with E-state index in [9.17, 15) is 9.59 Å². The summed E-state index contributed by atoms with van der Waals surface area (Å²) in [6, 6.07) is 16.2. The number of rotatable bonds is 5. The molecule has 2 aromatic carbocycles. The SMILES string of the molecule is CC(C)n1cnc(C(=O)Nc2ccccc2NC(=O)c2ccccc2)c1. The molecule has 0 aliphatic rings. The first-order chi connectivity index (χ1) is 12.5. The zero-order valence-corrected chi connectivity index (χ0v) is 14.6. The van der Waals surface area contributed by atoms with E-state index in [1.54, 1.807) is 61.1 Å². The Morgan fingerprint density at radius 1 is 0.885 bits per heavy atom. The van der Waals surface area contributed by atoms with Crippen LogP contribution in [0.1, 0.15) is 40.7 Å². The van der Waals surface area contributed by atoms with Crippen molar-refractivity contribution in [3.63, 3.8) is 0 Å². The van der Waals surface area contributed by atoms with Gasteiger partial charge >= 0.3 is 0 Å². The van der Waals surface area contributed by atoms with E-state index in [1.807, 2.05) is 24.5 Å². The Hall–Kier alpha value is -3.41. The third-order valence-electron chi connectivity index (χ3n) is 3.89. The summed E-state index contributed by atoms with van der Waals surface area (Å²) in [6.07, 6.45) is 3.33. The summed E-state index contributed by atoms with van der Waals surface area (Å²) in [6.45, 7) is 4.02. The van der Waals surface area contributed by atoms with Crippen molar-refractivity contribution < 1.29 is 9.59 Å². The van der Waals surface area contributed by atoms with Gasteiger partial charge in [-0.1, -0.05) is 30.3 Å².